The van der Waals surface area contributed by atoms with E-state index in [9.17, 15) is 4.79 Å². The van der Waals surface area contributed by atoms with E-state index in [-0.39, 0.29) is 0 Å². The van der Waals surface area contributed by atoms with E-state index in [2.05, 4.69) is 36.8 Å². The van der Waals surface area contributed by atoms with E-state index in [0.29, 0.717) is 29.2 Å². The Morgan fingerprint density at radius 3 is 2.65 bits per heavy atom. The first-order valence-electron chi connectivity index (χ1n) is 7.04. The Kier molecular flexibility index (Phi) is 4.55. The minimum Gasteiger partial charge on any atom is -0.464 e. The van der Waals surface area contributed by atoms with E-state index in [0.717, 1.165) is 5.56 Å². The number of aromatic nitrogens is 1. The number of oxazole rings is 1. The number of esters is 1. The highest BCUT2D eigenvalue weighted by molar-refractivity contribution is 9.25. The van der Waals surface area contributed by atoms with Crippen molar-refractivity contribution in [2.45, 2.75) is 10.2 Å². The third kappa shape index (κ3) is 3.19. The second-order valence-electron chi connectivity index (χ2n) is 4.86. The lowest BCUT2D eigenvalue weighted by Gasteiger charge is -2.18. The second-order valence-corrected chi connectivity index (χ2v) is 8.31. The standard InChI is InChI=1S/C17H13Br2NO3/c1-2-22-16(21)17(18,19)12-8-9-14-13(10-12)20-15(23-14)11-6-4-3-5-7-11/h3-10H,2H2,1H3. The van der Waals surface area contributed by atoms with Gasteiger partial charge >= 0.3 is 5.97 Å². The number of fused-ring (bicyclic) bond motifs is 1. The molecule has 0 aliphatic heterocycles. The monoisotopic (exact) mass is 437 g/mol. The highest BCUT2D eigenvalue weighted by Crippen LogP contribution is 2.40. The molecule has 0 radical (unpaired) electrons. The molecular formula is C17H13Br2NO3. The van der Waals surface area contributed by atoms with Crippen molar-refractivity contribution in [2.24, 2.45) is 0 Å². The number of carbonyl (C=O) groups excluding carboxylic acids is 1. The van der Waals surface area contributed by atoms with Gasteiger partial charge in [-0.25, -0.2) is 9.78 Å². The molecule has 2 aromatic carbocycles. The molecule has 1 heterocycles. The zero-order chi connectivity index (χ0) is 16.4. The van der Waals surface area contributed by atoms with Crippen molar-refractivity contribution in [2.75, 3.05) is 6.61 Å². The number of ether oxygens (including phenoxy) is 1. The van der Waals surface area contributed by atoms with Gasteiger partial charge in [-0.2, -0.15) is 0 Å². The molecule has 3 aromatic rings. The van der Waals surface area contributed by atoms with Gasteiger partial charge in [-0.15, -0.1) is 0 Å². The molecular weight excluding hydrogens is 426 g/mol. The molecule has 1 aromatic heterocycles. The molecule has 23 heavy (non-hydrogen) atoms. The van der Waals surface area contributed by atoms with Crippen LogP contribution in [0.15, 0.2) is 52.9 Å². The van der Waals surface area contributed by atoms with Crippen molar-refractivity contribution in [3.8, 4) is 11.5 Å². The second kappa shape index (κ2) is 6.45. The Hall–Kier alpha value is -1.66. The summed E-state index contributed by atoms with van der Waals surface area (Å²) < 4.78 is 9.74. The van der Waals surface area contributed by atoms with Crippen LogP contribution >= 0.6 is 31.9 Å². The number of benzene rings is 2. The van der Waals surface area contributed by atoms with E-state index < -0.39 is 9.20 Å². The molecule has 0 spiro atoms. The summed E-state index contributed by atoms with van der Waals surface area (Å²) in [6.07, 6.45) is 0. The van der Waals surface area contributed by atoms with Crippen LogP contribution in [0.2, 0.25) is 0 Å². The van der Waals surface area contributed by atoms with Gasteiger partial charge in [-0.05, 0) is 36.8 Å². The average molecular weight is 439 g/mol. The molecule has 0 aliphatic rings. The molecule has 0 saturated carbocycles. The summed E-state index contributed by atoms with van der Waals surface area (Å²) in [5.41, 5.74) is 2.93. The largest absolute Gasteiger partial charge is 0.464 e. The summed E-state index contributed by atoms with van der Waals surface area (Å²) in [6.45, 7) is 2.07. The molecule has 4 nitrogen and oxygen atoms in total. The van der Waals surface area contributed by atoms with E-state index in [1.54, 1.807) is 25.1 Å². The first kappa shape index (κ1) is 16.2. The molecule has 3 rings (SSSR count). The summed E-state index contributed by atoms with van der Waals surface area (Å²) in [5, 5.41) is 0. The van der Waals surface area contributed by atoms with Crippen LogP contribution in [0.4, 0.5) is 0 Å². The van der Waals surface area contributed by atoms with Crippen LogP contribution in [-0.2, 0) is 12.8 Å². The SMILES string of the molecule is CCOC(=O)C(Br)(Br)c1ccc2oc(-c3ccccc3)nc2c1. The maximum Gasteiger partial charge on any atom is 0.338 e. The number of nitrogens with zero attached hydrogens (tertiary/aromatic N) is 1. The Labute approximate surface area is 150 Å². The number of rotatable bonds is 4. The van der Waals surface area contributed by atoms with Gasteiger partial charge in [0.05, 0.1) is 6.61 Å². The molecule has 0 atom stereocenters. The van der Waals surface area contributed by atoms with E-state index in [1.165, 1.54) is 0 Å². The lowest BCUT2D eigenvalue weighted by Crippen LogP contribution is -2.24. The molecule has 118 valence electrons. The number of halogens is 2. The molecule has 0 saturated heterocycles. The Morgan fingerprint density at radius 1 is 1.22 bits per heavy atom. The lowest BCUT2D eigenvalue weighted by molar-refractivity contribution is -0.143. The fourth-order valence-corrected chi connectivity index (χ4v) is 2.89. The van der Waals surface area contributed by atoms with Gasteiger partial charge in [0.15, 0.2) is 5.58 Å². The highest BCUT2D eigenvalue weighted by atomic mass is 79.9. The molecule has 6 heteroatoms. The van der Waals surface area contributed by atoms with Gasteiger partial charge in [0.2, 0.25) is 9.12 Å². The first-order valence-corrected chi connectivity index (χ1v) is 8.62. The Bertz CT molecular complexity index is 843. The fourth-order valence-electron chi connectivity index (χ4n) is 2.17. The van der Waals surface area contributed by atoms with Gasteiger partial charge in [0.25, 0.3) is 0 Å². The number of alkyl halides is 2. The number of carbonyl (C=O) groups is 1. The average Bonchev–Trinajstić information content (AvgIpc) is 2.99. The molecule has 0 unspecified atom stereocenters. The molecule has 0 bridgehead atoms. The zero-order valence-electron chi connectivity index (χ0n) is 12.3. The lowest BCUT2D eigenvalue weighted by atomic mass is 10.1. The summed E-state index contributed by atoms with van der Waals surface area (Å²) >= 11 is 6.76. The number of hydrogen-bond donors (Lipinski definition) is 0. The van der Waals surface area contributed by atoms with Crippen LogP contribution in [0.5, 0.6) is 0 Å². The highest BCUT2D eigenvalue weighted by Gasteiger charge is 2.36. The fraction of sp³-hybridized carbons (Fsp3) is 0.176. The minimum atomic E-state index is -1.10. The molecule has 0 aliphatic carbocycles. The summed E-state index contributed by atoms with van der Waals surface area (Å²) in [7, 11) is 0. The Balaban J connectivity index is 2.01. The first-order chi connectivity index (χ1) is 11.0. The van der Waals surface area contributed by atoms with Crippen LogP contribution in [-0.4, -0.2) is 17.6 Å². The summed E-state index contributed by atoms with van der Waals surface area (Å²) in [5.74, 6) is 0.134. The van der Waals surface area contributed by atoms with Crippen LogP contribution in [0.25, 0.3) is 22.6 Å². The van der Waals surface area contributed by atoms with Gasteiger partial charge in [0, 0.05) is 5.56 Å². The van der Waals surface area contributed by atoms with E-state index in [1.807, 2.05) is 30.3 Å². The third-order valence-corrected chi connectivity index (χ3v) is 4.87. The summed E-state index contributed by atoms with van der Waals surface area (Å²) in [6, 6.07) is 15.0. The topological polar surface area (TPSA) is 52.3 Å². The van der Waals surface area contributed by atoms with Crippen molar-refractivity contribution in [3.05, 3.63) is 54.1 Å². The third-order valence-electron chi connectivity index (χ3n) is 3.30. The van der Waals surface area contributed by atoms with Crippen molar-refractivity contribution >= 4 is 48.9 Å². The normalized spacial score (nSPS) is 11.6. The zero-order valence-corrected chi connectivity index (χ0v) is 15.4. The van der Waals surface area contributed by atoms with Crippen molar-refractivity contribution in [1.29, 1.82) is 0 Å². The predicted molar refractivity (Wildman–Crippen MR) is 95.6 cm³/mol. The van der Waals surface area contributed by atoms with E-state index >= 15 is 0 Å². The van der Waals surface area contributed by atoms with Crippen molar-refractivity contribution in [1.82, 2.24) is 4.98 Å². The quantitative estimate of drug-likeness (QED) is 0.424. The van der Waals surface area contributed by atoms with Crippen LogP contribution in [0, 0.1) is 0 Å². The summed E-state index contributed by atoms with van der Waals surface area (Å²) in [4.78, 5) is 16.6. The van der Waals surface area contributed by atoms with Crippen LogP contribution < -0.4 is 0 Å². The molecule has 0 amide bonds. The van der Waals surface area contributed by atoms with Crippen molar-refractivity contribution < 1.29 is 13.9 Å². The van der Waals surface area contributed by atoms with Gasteiger partial charge < -0.3 is 9.15 Å². The van der Waals surface area contributed by atoms with Crippen LogP contribution in [0.3, 0.4) is 0 Å². The predicted octanol–water partition coefficient (Wildman–Crippen LogP) is 5.00. The Morgan fingerprint density at radius 2 is 1.96 bits per heavy atom. The van der Waals surface area contributed by atoms with E-state index in [4.69, 9.17) is 9.15 Å². The molecule has 0 N–H and O–H groups in total. The van der Waals surface area contributed by atoms with Crippen LogP contribution in [0.1, 0.15) is 12.5 Å². The van der Waals surface area contributed by atoms with Gasteiger partial charge in [0.1, 0.15) is 5.52 Å². The van der Waals surface area contributed by atoms with Crippen molar-refractivity contribution in [3.63, 3.8) is 0 Å². The minimum absolute atomic E-state index is 0.308. The number of hydrogen-bond acceptors (Lipinski definition) is 4. The molecule has 0 fully saturated rings. The van der Waals surface area contributed by atoms with Gasteiger partial charge in [-0.3, -0.25) is 0 Å². The van der Waals surface area contributed by atoms with Gasteiger partial charge in [-0.1, -0.05) is 56.1 Å². The maximum atomic E-state index is 12.1. The smallest absolute Gasteiger partial charge is 0.338 e. The maximum absolute atomic E-state index is 12.1.